The molecule has 0 aromatic heterocycles. The average Bonchev–Trinajstić information content (AvgIpc) is 2.18. The van der Waals surface area contributed by atoms with Crippen LogP contribution < -0.4 is 0 Å². The van der Waals surface area contributed by atoms with Crippen LogP contribution in [0, 0.1) is 12.3 Å². The van der Waals surface area contributed by atoms with Crippen molar-refractivity contribution in [2.75, 3.05) is 0 Å². The summed E-state index contributed by atoms with van der Waals surface area (Å²) in [5.74, 6) is 2.11. The highest BCUT2D eigenvalue weighted by molar-refractivity contribution is 9.09. The van der Waals surface area contributed by atoms with Crippen LogP contribution >= 0.6 is 15.9 Å². The van der Waals surface area contributed by atoms with Crippen LogP contribution in [0.25, 0.3) is 0 Å². The molecule has 1 aromatic rings. The summed E-state index contributed by atoms with van der Waals surface area (Å²) in [4.78, 5) is 0.0831. The molecule has 74 valence electrons. The molecule has 1 aromatic carbocycles. The molecule has 0 N–H and O–H groups in total. The summed E-state index contributed by atoms with van der Waals surface area (Å²) in [6.07, 6.45) is 4.97. The molecular weight excluding hydrogens is 268 g/mol. The first-order valence-corrected chi connectivity index (χ1v) is 5.97. The third kappa shape index (κ3) is 2.84. The molecule has 0 saturated heterocycles. The maximum absolute atomic E-state index is 11.5. The van der Waals surface area contributed by atoms with Crippen LogP contribution in [0.4, 0.5) is 0 Å². The Morgan fingerprint density at radius 1 is 1.36 bits per heavy atom. The van der Waals surface area contributed by atoms with Gasteiger partial charge >= 0.3 is 0 Å². The Morgan fingerprint density at radius 2 is 1.93 bits per heavy atom. The van der Waals surface area contributed by atoms with Gasteiger partial charge in [0.2, 0.25) is 0 Å². The van der Waals surface area contributed by atoms with Gasteiger partial charge in [-0.2, -0.15) is 8.42 Å². The van der Waals surface area contributed by atoms with Gasteiger partial charge in [-0.05, 0) is 28.1 Å². The second-order valence-electron chi connectivity index (χ2n) is 2.35. The van der Waals surface area contributed by atoms with E-state index >= 15 is 0 Å². The predicted molar refractivity (Wildman–Crippen MR) is 56.3 cm³/mol. The van der Waals surface area contributed by atoms with Crippen LogP contribution in [0.1, 0.15) is 0 Å². The van der Waals surface area contributed by atoms with Crippen molar-refractivity contribution in [1.29, 1.82) is 0 Å². The molecule has 0 heterocycles. The van der Waals surface area contributed by atoms with E-state index in [-0.39, 0.29) is 4.90 Å². The zero-order valence-corrected chi connectivity index (χ0v) is 9.45. The molecule has 0 saturated carbocycles. The van der Waals surface area contributed by atoms with Crippen molar-refractivity contribution >= 4 is 26.0 Å². The van der Waals surface area contributed by atoms with Crippen LogP contribution in [0.15, 0.2) is 35.2 Å². The van der Waals surface area contributed by atoms with Crippen LogP contribution in [-0.2, 0) is 14.3 Å². The fourth-order valence-electron chi connectivity index (χ4n) is 0.782. The molecule has 1 rings (SSSR count). The SMILES string of the molecule is C#CC(Br)OS(=O)(=O)c1ccccc1. The molecule has 0 radical (unpaired) electrons. The molecule has 0 spiro atoms. The van der Waals surface area contributed by atoms with Gasteiger partial charge in [0.15, 0.2) is 5.01 Å². The van der Waals surface area contributed by atoms with Gasteiger partial charge in [0.1, 0.15) is 0 Å². The van der Waals surface area contributed by atoms with Crippen molar-refractivity contribution in [2.45, 2.75) is 9.91 Å². The van der Waals surface area contributed by atoms with Crippen LogP contribution in [0.2, 0.25) is 0 Å². The lowest BCUT2D eigenvalue weighted by atomic mass is 10.4. The largest absolute Gasteiger partial charge is 0.298 e. The minimum absolute atomic E-state index is 0.0831. The average molecular weight is 275 g/mol. The zero-order chi connectivity index (χ0) is 10.6. The zero-order valence-electron chi connectivity index (χ0n) is 7.05. The van der Waals surface area contributed by atoms with E-state index < -0.39 is 15.1 Å². The Labute approximate surface area is 91.3 Å². The summed E-state index contributed by atoms with van der Waals surface area (Å²) < 4.78 is 27.5. The lowest BCUT2D eigenvalue weighted by molar-refractivity contribution is 0.343. The summed E-state index contributed by atoms with van der Waals surface area (Å²) in [5.41, 5.74) is 0. The van der Waals surface area contributed by atoms with Gasteiger partial charge in [-0.25, -0.2) is 4.18 Å². The first-order chi connectivity index (χ1) is 6.56. The molecule has 14 heavy (non-hydrogen) atoms. The van der Waals surface area contributed by atoms with Crippen LogP contribution in [0.5, 0.6) is 0 Å². The van der Waals surface area contributed by atoms with Crippen molar-refractivity contribution in [3.63, 3.8) is 0 Å². The fraction of sp³-hybridized carbons (Fsp3) is 0.111. The summed E-state index contributed by atoms with van der Waals surface area (Å²) in [5, 5.41) is -0.937. The van der Waals surface area contributed by atoms with Gasteiger partial charge < -0.3 is 0 Å². The Hall–Kier alpha value is -0.830. The van der Waals surface area contributed by atoms with E-state index in [9.17, 15) is 8.42 Å². The quantitative estimate of drug-likeness (QED) is 0.479. The Bertz CT molecular complexity index is 433. The van der Waals surface area contributed by atoms with Crippen LogP contribution in [0.3, 0.4) is 0 Å². The molecule has 0 aliphatic rings. The predicted octanol–water partition coefficient (Wildman–Crippen LogP) is 1.75. The molecule has 5 heteroatoms. The van der Waals surface area contributed by atoms with E-state index in [2.05, 4.69) is 26.0 Å². The number of hydrogen-bond acceptors (Lipinski definition) is 3. The maximum atomic E-state index is 11.5. The van der Waals surface area contributed by atoms with Gasteiger partial charge in [-0.15, -0.1) is 6.42 Å². The minimum Gasteiger partial charge on any atom is -0.238 e. The summed E-state index contributed by atoms with van der Waals surface area (Å²) in [7, 11) is -3.76. The lowest BCUT2D eigenvalue weighted by Crippen LogP contribution is -2.11. The first kappa shape index (κ1) is 11.2. The number of benzene rings is 1. The van der Waals surface area contributed by atoms with E-state index in [1.54, 1.807) is 18.2 Å². The standard InChI is InChI=1S/C9H7BrO3S/c1-2-9(10)13-14(11,12)8-6-4-3-5-7-8/h1,3-7,9H. The highest BCUT2D eigenvalue weighted by Crippen LogP contribution is 2.15. The van der Waals surface area contributed by atoms with E-state index in [1.807, 2.05) is 0 Å². The normalized spacial score (nSPS) is 13.1. The van der Waals surface area contributed by atoms with E-state index in [0.29, 0.717) is 0 Å². The number of terminal acetylenes is 1. The first-order valence-electron chi connectivity index (χ1n) is 3.65. The smallest absolute Gasteiger partial charge is 0.238 e. The van der Waals surface area contributed by atoms with Gasteiger partial charge in [-0.3, -0.25) is 0 Å². The second kappa shape index (κ2) is 4.60. The molecule has 0 aliphatic carbocycles. The third-order valence-corrected chi connectivity index (χ3v) is 3.37. The fourth-order valence-corrected chi connectivity index (χ4v) is 2.26. The summed E-state index contributed by atoms with van der Waals surface area (Å²) >= 11 is 2.87. The lowest BCUT2D eigenvalue weighted by Gasteiger charge is -2.05. The molecule has 0 amide bonds. The number of alkyl halides is 1. The van der Waals surface area contributed by atoms with Crippen molar-refractivity contribution in [3.8, 4) is 12.3 Å². The molecule has 3 nitrogen and oxygen atoms in total. The van der Waals surface area contributed by atoms with Crippen molar-refractivity contribution in [2.24, 2.45) is 0 Å². The van der Waals surface area contributed by atoms with Gasteiger partial charge in [0.05, 0.1) is 4.90 Å². The Kier molecular flexibility index (Phi) is 3.69. The van der Waals surface area contributed by atoms with Crippen molar-refractivity contribution in [3.05, 3.63) is 30.3 Å². The number of hydrogen-bond donors (Lipinski definition) is 0. The van der Waals surface area contributed by atoms with Crippen LogP contribution in [-0.4, -0.2) is 13.4 Å². The summed E-state index contributed by atoms with van der Waals surface area (Å²) in [6.45, 7) is 0. The van der Waals surface area contributed by atoms with E-state index in [4.69, 9.17) is 6.42 Å². The molecular formula is C9H7BrO3S. The van der Waals surface area contributed by atoms with E-state index in [1.165, 1.54) is 12.1 Å². The highest BCUT2D eigenvalue weighted by Gasteiger charge is 2.17. The molecule has 1 atom stereocenters. The second-order valence-corrected chi connectivity index (χ2v) is 4.75. The Balaban J connectivity index is 2.94. The van der Waals surface area contributed by atoms with Gasteiger partial charge in [0, 0.05) is 0 Å². The molecule has 1 unspecified atom stereocenters. The maximum Gasteiger partial charge on any atom is 0.298 e. The molecule has 0 aliphatic heterocycles. The van der Waals surface area contributed by atoms with Gasteiger partial charge in [0.25, 0.3) is 10.1 Å². The summed E-state index contributed by atoms with van der Waals surface area (Å²) in [6, 6.07) is 7.80. The minimum atomic E-state index is -3.76. The monoisotopic (exact) mass is 274 g/mol. The number of halogens is 1. The number of rotatable bonds is 3. The van der Waals surface area contributed by atoms with Crippen molar-refractivity contribution in [1.82, 2.24) is 0 Å². The molecule has 0 fully saturated rings. The topological polar surface area (TPSA) is 43.4 Å². The van der Waals surface area contributed by atoms with Crippen molar-refractivity contribution < 1.29 is 12.6 Å². The Morgan fingerprint density at radius 3 is 2.43 bits per heavy atom. The molecule has 0 bridgehead atoms. The highest BCUT2D eigenvalue weighted by atomic mass is 79.9. The van der Waals surface area contributed by atoms with E-state index in [0.717, 1.165) is 0 Å². The van der Waals surface area contributed by atoms with Gasteiger partial charge in [-0.1, -0.05) is 24.1 Å². The third-order valence-electron chi connectivity index (χ3n) is 1.37.